The van der Waals surface area contributed by atoms with E-state index in [1.807, 2.05) is 0 Å². The Morgan fingerprint density at radius 2 is 1.19 bits per heavy atom. The Bertz CT molecular complexity index is 960. The normalized spacial score (nSPS) is 12.0. The molecule has 0 saturated heterocycles. The molecule has 0 amide bonds. The topological polar surface area (TPSA) is 119 Å². The van der Waals surface area contributed by atoms with E-state index in [9.17, 15) is 24.6 Å². The first-order valence-corrected chi connectivity index (χ1v) is 9.06. The Morgan fingerprint density at radius 1 is 0.774 bits per heavy atom. The fraction of sp³-hybridized carbons (Fsp3) is 0.174. The van der Waals surface area contributed by atoms with Crippen LogP contribution in [0, 0.1) is 5.92 Å². The summed E-state index contributed by atoms with van der Waals surface area (Å²) < 4.78 is 14.6. The van der Waals surface area contributed by atoms with Crippen LogP contribution < -0.4 is 9.47 Å². The molecule has 0 bridgehead atoms. The van der Waals surface area contributed by atoms with E-state index in [-0.39, 0.29) is 23.0 Å². The summed E-state index contributed by atoms with van der Waals surface area (Å²) in [5, 5.41) is 19.3. The Hall–Kier alpha value is -4.07. The number of ether oxygens (including phenoxy) is 3. The molecule has 0 heterocycles. The first kappa shape index (κ1) is 23.2. The number of hydrogen-bond donors (Lipinski definition) is 2. The lowest BCUT2D eigenvalue weighted by molar-refractivity contribution is -0.150. The van der Waals surface area contributed by atoms with E-state index in [1.165, 1.54) is 62.8 Å². The molecule has 8 heteroatoms. The van der Waals surface area contributed by atoms with Gasteiger partial charge in [-0.25, -0.2) is 0 Å². The maximum atomic E-state index is 12.6. The van der Waals surface area contributed by atoms with Crippen molar-refractivity contribution < 1.29 is 38.8 Å². The number of carbonyl (C=O) groups excluding carboxylic acids is 3. The monoisotopic (exact) mass is 426 g/mol. The van der Waals surface area contributed by atoms with Gasteiger partial charge in [0.1, 0.15) is 0 Å². The van der Waals surface area contributed by atoms with Crippen molar-refractivity contribution in [3.05, 3.63) is 59.7 Å². The molecule has 2 aromatic carbocycles. The average molecular weight is 426 g/mol. The van der Waals surface area contributed by atoms with Crippen molar-refractivity contribution in [2.24, 2.45) is 5.92 Å². The third kappa shape index (κ3) is 5.96. The van der Waals surface area contributed by atoms with Crippen molar-refractivity contribution in [1.82, 2.24) is 0 Å². The molecular weight excluding hydrogens is 404 g/mol. The van der Waals surface area contributed by atoms with Crippen molar-refractivity contribution in [2.45, 2.75) is 0 Å². The van der Waals surface area contributed by atoms with Crippen LogP contribution in [-0.2, 0) is 19.1 Å². The minimum absolute atomic E-state index is 0.0652. The lowest BCUT2D eigenvalue weighted by Gasteiger charge is -2.08. The van der Waals surface area contributed by atoms with Crippen molar-refractivity contribution in [3.8, 4) is 23.0 Å². The molecule has 2 N–H and O–H groups in total. The summed E-state index contributed by atoms with van der Waals surface area (Å²) in [6, 6.07) is 8.84. The van der Waals surface area contributed by atoms with E-state index in [4.69, 9.17) is 9.47 Å². The molecular formula is C23H22O8. The van der Waals surface area contributed by atoms with Gasteiger partial charge in [-0.1, -0.05) is 24.3 Å². The summed E-state index contributed by atoms with van der Waals surface area (Å²) in [5.74, 6) is -3.90. The molecule has 0 aliphatic carbocycles. The largest absolute Gasteiger partial charge is 0.504 e. The van der Waals surface area contributed by atoms with E-state index in [2.05, 4.69) is 4.74 Å². The van der Waals surface area contributed by atoms with Crippen molar-refractivity contribution in [2.75, 3.05) is 21.3 Å². The molecule has 0 aliphatic heterocycles. The smallest absolute Gasteiger partial charge is 0.324 e. The zero-order valence-electron chi connectivity index (χ0n) is 17.2. The first-order chi connectivity index (χ1) is 14.8. The Balaban J connectivity index is 2.23. The van der Waals surface area contributed by atoms with Gasteiger partial charge in [0, 0.05) is 0 Å². The van der Waals surface area contributed by atoms with Gasteiger partial charge in [-0.15, -0.1) is 0 Å². The molecule has 162 valence electrons. The van der Waals surface area contributed by atoms with Crippen molar-refractivity contribution in [3.63, 3.8) is 0 Å². The van der Waals surface area contributed by atoms with Gasteiger partial charge in [0.25, 0.3) is 0 Å². The highest BCUT2D eigenvalue weighted by Gasteiger charge is 2.31. The summed E-state index contributed by atoms with van der Waals surface area (Å²) in [6.07, 6.45) is 4.95. The van der Waals surface area contributed by atoms with Gasteiger partial charge in [0.15, 0.2) is 40.5 Å². The molecule has 0 radical (unpaired) electrons. The third-order valence-corrected chi connectivity index (χ3v) is 4.29. The highest BCUT2D eigenvalue weighted by molar-refractivity contribution is 6.24. The van der Waals surface area contributed by atoms with Gasteiger partial charge in [0.05, 0.1) is 21.3 Å². The Labute approximate surface area is 179 Å². The summed E-state index contributed by atoms with van der Waals surface area (Å²) in [7, 11) is 3.85. The van der Waals surface area contributed by atoms with Gasteiger partial charge in [-0.2, -0.15) is 0 Å². The van der Waals surface area contributed by atoms with Crippen molar-refractivity contribution >= 4 is 29.7 Å². The molecule has 2 aromatic rings. The van der Waals surface area contributed by atoms with Gasteiger partial charge in [-0.3, -0.25) is 14.4 Å². The molecule has 0 aromatic heterocycles. The number of ketones is 2. The van der Waals surface area contributed by atoms with Crippen LogP contribution in [0.5, 0.6) is 23.0 Å². The number of esters is 1. The minimum Gasteiger partial charge on any atom is -0.504 e. The quantitative estimate of drug-likeness (QED) is 0.357. The number of phenols is 2. The molecule has 0 fully saturated rings. The summed E-state index contributed by atoms with van der Waals surface area (Å²) in [5.41, 5.74) is 1.04. The van der Waals surface area contributed by atoms with Crippen LogP contribution in [0.2, 0.25) is 0 Å². The van der Waals surface area contributed by atoms with Crippen LogP contribution in [0.1, 0.15) is 11.1 Å². The predicted octanol–water partition coefficient (Wildman–Crippen LogP) is 2.77. The van der Waals surface area contributed by atoms with Crippen molar-refractivity contribution in [1.29, 1.82) is 0 Å². The minimum atomic E-state index is -1.67. The molecule has 2 rings (SSSR count). The van der Waals surface area contributed by atoms with Crippen LogP contribution in [0.25, 0.3) is 12.2 Å². The number of allylic oxidation sites excluding steroid dienone is 2. The van der Waals surface area contributed by atoms with Crippen LogP contribution >= 0.6 is 0 Å². The second-order valence-electron chi connectivity index (χ2n) is 6.29. The number of phenolic OH excluding ortho intramolecular Hbond substituents is 2. The van der Waals surface area contributed by atoms with E-state index in [0.29, 0.717) is 11.1 Å². The zero-order chi connectivity index (χ0) is 23.0. The fourth-order valence-corrected chi connectivity index (χ4v) is 2.64. The maximum Gasteiger partial charge on any atom is 0.324 e. The van der Waals surface area contributed by atoms with E-state index in [1.54, 1.807) is 0 Å². The SMILES string of the molecule is COC(=O)C(C(=O)C=Cc1ccc(O)c(OC)c1)C(=O)C=Cc1ccc(O)c(OC)c1. The van der Waals surface area contributed by atoms with E-state index < -0.39 is 23.5 Å². The van der Waals surface area contributed by atoms with Crippen LogP contribution in [0.3, 0.4) is 0 Å². The molecule has 0 unspecified atom stereocenters. The van der Waals surface area contributed by atoms with Crippen LogP contribution in [0.4, 0.5) is 0 Å². The van der Waals surface area contributed by atoms with Gasteiger partial charge in [-0.05, 0) is 47.5 Å². The number of hydrogen-bond acceptors (Lipinski definition) is 8. The lowest BCUT2D eigenvalue weighted by atomic mass is 9.97. The maximum absolute atomic E-state index is 12.6. The van der Waals surface area contributed by atoms with Gasteiger partial charge < -0.3 is 24.4 Å². The first-order valence-electron chi connectivity index (χ1n) is 9.06. The number of benzene rings is 2. The molecule has 0 aliphatic rings. The molecule has 0 atom stereocenters. The van der Waals surface area contributed by atoms with Crippen LogP contribution in [0.15, 0.2) is 48.6 Å². The second-order valence-corrected chi connectivity index (χ2v) is 6.29. The standard InChI is InChI=1S/C23H22O8/c1-29-20-12-14(4-8-16(20)24)6-10-18(26)22(23(28)31-3)19(27)11-7-15-5-9-17(25)21(13-15)30-2/h4-13,22,24-25H,1-3H3. The lowest BCUT2D eigenvalue weighted by Crippen LogP contribution is -2.30. The van der Waals surface area contributed by atoms with Gasteiger partial charge in [0.2, 0.25) is 0 Å². The highest BCUT2D eigenvalue weighted by atomic mass is 16.5. The molecule has 31 heavy (non-hydrogen) atoms. The number of methoxy groups -OCH3 is 3. The summed E-state index contributed by atoms with van der Waals surface area (Å²) >= 11 is 0. The second kappa shape index (κ2) is 10.6. The molecule has 0 saturated carbocycles. The molecule has 0 spiro atoms. The van der Waals surface area contributed by atoms with E-state index >= 15 is 0 Å². The average Bonchev–Trinajstić information content (AvgIpc) is 2.77. The third-order valence-electron chi connectivity index (χ3n) is 4.29. The van der Waals surface area contributed by atoms with E-state index in [0.717, 1.165) is 19.3 Å². The fourth-order valence-electron chi connectivity index (χ4n) is 2.64. The molecule has 8 nitrogen and oxygen atoms in total. The highest BCUT2D eigenvalue weighted by Crippen LogP contribution is 2.28. The summed E-state index contributed by atoms with van der Waals surface area (Å²) in [6.45, 7) is 0. The summed E-state index contributed by atoms with van der Waals surface area (Å²) in [4.78, 5) is 37.2. The zero-order valence-corrected chi connectivity index (χ0v) is 17.2. The Kier molecular flexibility index (Phi) is 7.96. The number of carbonyl (C=O) groups is 3. The number of aromatic hydroxyl groups is 2. The number of rotatable bonds is 9. The Morgan fingerprint density at radius 3 is 1.55 bits per heavy atom. The predicted molar refractivity (Wildman–Crippen MR) is 113 cm³/mol. The van der Waals surface area contributed by atoms with Gasteiger partial charge >= 0.3 is 5.97 Å². The van der Waals surface area contributed by atoms with Crippen LogP contribution in [-0.4, -0.2) is 49.1 Å².